The van der Waals surface area contributed by atoms with E-state index in [0.717, 1.165) is 18.4 Å². The van der Waals surface area contributed by atoms with Gasteiger partial charge in [0.05, 0.1) is 6.10 Å². The van der Waals surface area contributed by atoms with Crippen molar-refractivity contribution in [3.8, 4) is 0 Å². The predicted molar refractivity (Wildman–Crippen MR) is 106 cm³/mol. The minimum absolute atomic E-state index is 0.0284. The van der Waals surface area contributed by atoms with Crippen LogP contribution in [0.4, 0.5) is 0 Å². The van der Waals surface area contributed by atoms with Gasteiger partial charge >= 0.3 is 7.82 Å². The lowest BCUT2D eigenvalue weighted by Crippen LogP contribution is -2.61. The lowest BCUT2D eigenvalue weighted by molar-refractivity contribution is -0.178. The number of phosphoric acid groups is 1. The minimum Gasteiger partial charge on any atom is -0.393 e. The Balaban J connectivity index is 1.65. The smallest absolute Gasteiger partial charge is 0.393 e. The first kappa shape index (κ1) is 22.1. The fourth-order valence-electron chi connectivity index (χ4n) is 7.05. The molecule has 0 amide bonds. The summed E-state index contributed by atoms with van der Waals surface area (Å²) in [6, 6.07) is 0. The van der Waals surface area contributed by atoms with Crippen LogP contribution in [-0.4, -0.2) is 49.9 Å². The Hall–Kier alpha value is -1.15. The van der Waals surface area contributed by atoms with Gasteiger partial charge in [-0.2, -0.15) is 0 Å². The third-order valence-corrected chi connectivity index (χ3v) is 8.94. The molecule has 0 bridgehead atoms. The van der Waals surface area contributed by atoms with E-state index in [1.54, 1.807) is 19.1 Å². The molecule has 0 aliphatic heterocycles. The molecule has 4 aliphatic rings. The minimum atomic E-state index is -4.84. The zero-order valence-corrected chi connectivity index (χ0v) is 18.0. The molecule has 7 unspecified atom stereocenters. The average molecular weight is 440 g/mol. The molecule has 4 rings (SSSR count). The molecule has 0 spiro atoms. The van der Waals surface area contributed by atoms with Crippen LogP contribution in [0.1, 0.15) is 46.0 Å². The second kappa shape index (κ2) is 6.92. The van der Waals surface area contributed by atoms with Crippen LogP contribution in [0.2, 0.25) is 0 Å². The summed E-state index contributed by atoms with van der Waals surface area (Å²) < 4.78 is 15.4. The Morgan fingerprint density at radius 3 is 2.67 bits per heavy atom. The van der Waals surface area contributed by atoms with E-state index < -0.39 is 42.7 Å². The maximum atomic E-state index is 12.8. The summed E-state index contributed by atoms with van der Waals surface area (Å²) >= 11 is 0. The molecule has 3 fully saturated rings. The van der Waals surface area contributed by atoms with Crippen LogP contribution in [0.5, 0.6) is 0 Å². The molecule has 4 N–H and O–H groups in total. The fraction of sp³-hybridized carbons (Fsp3) is 0.714. The van der Waals surface area contributed by atoms with Gasteiger partial charge in [-0.3, -0.25) is 14.1 Å². The molecule has 0 heterocycles. The maximum absolute atomic E-state index is 12.8. The van der Waals surface area contributed by atoms with Crippen LogP contribution < -0.4 is 0 Å². The molecule has 30 heavy (non-hydrogen) atoms. The summed E-state index contributed by atoms with van der Waals surface area (Å²) in [5.41, 5.74) is -2.15. The molecule has 0 radical (unpaired) electrons. The van der Waals surface area contributed by atoms with E-state index in [0.29, 0.717) is 6.42 Å². The Bertz CT molecular complexity index is 889. The van der Waals surface area contributed by atoms with Crippen molar-refractivity contribution in [3.05, 3.63) is 23.8 Å². The largest absolute Gasteiger partial charge is 0.470 e. The van der Waals surface area contributed by atoms with Crippen LogP contribution in [0.25, 0.3) is 0 Å². The van der Waals surface area contributed by atoms with Crippen molar-refractivity contribution >= 4 is 19.4 Å². The van der Waals surface area contributed by atoms with E-state index in [9.17, 15) is 24.4 Å². The molecular formula is C21H29O8P. The SMILES string of the molecule is CC12C=CC(=O)C=C1CCC1C2C(O)CC2(C)C1CCC2(O)C(=O)COP(=O)(O)O. The number of hydrogen-bond acceptors (Lipinski definition) is 6. The van der Waals surface area contributed by atoms with Crippen LogP contribution in [0.3, 0.4) is 0 Å². The van der Waals surface area contributed by atoms with Crippen LogP contribution >= 0.6 is 7.82 Å². The van der Waals surface area contributed by atoms with Crippen molar-refractivity contribution in [1.82, 2.24) is 0 Å². The number of carbonyl (C=O) groups excluding carboxylic acids is 2. The number of carbonyl (C=O) groups is 2. The first-order chi connectivity index (χ1) is 13.8. The van der Waals surface area contributed by atoms with E-state index in [2.05, 4.69) is 4.52 Å². The average Bonchev–Trinajstić information content (AvgIpc) is 2.91. The first-order valence-electron chi connectivity index (χ1n) is 10.4. The van der Waals surface area contributed by atoms with Crippen molar-refractivity contribution in [1.29, 1.82) is 0 Å². The highest BCUT2D eigenvalue weighted by atomic mass is 31.2. The van der Waals surface area contributed by atoms with E-state index in [-0.39, 0.29) is 36.4 Å². The fourth-order valence-corrected chi connectivity index (χ4v) is 7.34. The Morgan fingerprint density at radius 2 is 2.00 bits per heavy atom. The number of Topliss-reactive ketones (excluding diaryl/α,β-unsaturated/α-hetero) is 1. The van der Waals surface area contributed by atoms with E-state index >= 15 is 0 Å². The number of phosphoric ester groups is 1. The molecule has 8 nitrogen and oxygen atoms in total. The Kier molecular flexibility index (Phi) is 5.09. The summed E-state index contributed by atoms with van der Waals surface area (Å²) in [6.45, 7) is 2.97. The summed E-state index contributed by atoms with van der Waals surface area (Å²) in [5, 5.41) is 22.6. The number of hydrogen-bond donors (Lipinski definition) is 4. The molecule has 3 saturated carbocycles. The van der Waals surface area contributed by atoms with Gasteiger partial charge < -0.3 is 20.0 Å². The van der Waals surface area contributed by atoms with Crippen molar-refractivity contribution in [2.45, 2.75) is 57.7 Å². The first-order valence-corrected chi connectivity index (χ1v) is 11.9. The molecule has 0 aromatic carbocycles. The number of fused-ring (bicyclic) bond motifs is 5. The van der Waals surface area contributed by atoms with Crippen molar-refractivity contribution in [2.24, 2.45) is 28.6 Å². The molecule has 166 valence electrons. The van der Waals surface area contributed by atoms with Crippen molar-refractivity contribution in [3.63, 3.8) is 0 Å². The summed E-state index contributed by atoms with van der Waals surface area (Å²) in [5.74, 6) is -0.888. The van der Waals surface area contributed by atoms with Crippen LogP contribution in [0.15, 0.2) is 23.8 Å². The molecule has 7 atom stereocenters. The summed E-state index contributed by atoms with van der Waals surface area (Å²) in [6.07, 6.45) is 6.76. The van der Waals surface area contributed by atoms with E-state index in [1.807, 2.05) is 13.0 Å². The number of aliphatic hydroxyl groups is 2. The number of ketones is 2. The quantitative estimate of drug-likeness (QED) is 0.484. The van der Waals surface area contributed by atoms with Crippen molar-refractivity contribution in [2.75, 3.05) is 6.61 Å². The molecule has 0 saturated heterocycles. The van der Waals surface area contributed by atoms with Gasteiger partial charge in [-0.15, -0.1) is 0 Å². The lowest BCUT2D eigenvalue weighted by atomic mass is 9.46. The zero-order chi connectivity index (χ0) is 22.1. The monoisotopic (exact) mass is 440 g/mol. The second-order valence-corrected chi connectivity index (χ2v) is 11.0. The molecule has 4 aliphatic carbocycles. The third kappa shape index (κ3) is 3.12. The standard InChI is InChI=1S/C21H29O8P/c1-19-7-5-13(22)9-12(19)3-4-14-15-6-8-21(25,17(24)11-29-30(26,27)28)20(15,2)10-16(23)18(14)19/h5,7,9,14-16,18,23,25H,3-4,6,8,10-11H2,1-2H3,(H2,26,27,28). The van der Waals surface area contributed by atoms with E-state index in [4.69, 9.17) is 9.79 Å². The normalized spacial score (nSPS) is 45.4. The Labute approximate surface area is 175 Å². The topological polar surface area (TPSA) is 141 Å². The highest BCUT2D eigenvalue weighted by molar-refractivity contribution is 7.46. The van der Waals surface area contributed by atoms with Gasteiger partial charge in [0.25, 0.3) is 0 Å². The van der Waals surface area contributed by atoms with Gasteiger partial charge in [0.15, 0.2) is 11.6 Å². The lowest BCUT2D eigenvalue weighted by Gasteiger charge is -2.59. The maximum Gasteiger partial charge on any atom is 0.470 e. The summed E-state index contributed by atoms with van der Waals surface area (Å²) in [4.78, 5) is 42.5. The van der Waals surface area contributed by atoms with Gasteiger partial charge in [0.1, 0.15) is 12.2 Å². The highest BCUT2D eigenvalue weighted by Gasteiger charge is 2.68. The van der Waals surface area contributed by atoms with Gasteiger partial charge in [0.2, 0.25) is 0 Å². The molecular weight excluding hydrogens is 411 g/mol. The highest BCUT2D eigenvalue weighted by Crippen LogP contribution is 2.67. The summed E-state index contributed by atoms with van der Waals surface area (Å²) in [7, 11) is -4.84. The number of rotatable bonds is 4. The second-order valence-electron chi connectivity index (χ2n) is 9.80. The Morgan fingerprint density at radius 1 is 1.30 bits per heavy atom. The number of allylic oxidation sites excluding steroid dienone is 4. The van der Waals surface area contributed by atoms with Crippen molar-refractivity contribution < 1.29 is 38.7 Å². The molecule has 0 aromatic rings. The molecule has 0 aromatic heterocycles. The predicted octanol–water partition coefficient (Wildman–Crippen LogP) is 1.67. The number of aliphatic hydroxyl groups excluding tert-OH is 1. The van der Waals surface area contributed by atoms with Gasteiger partial charge in [-0.05, 0) is 56.1 Å². The molecule has 9 heteroatoms. The third-order valence-electron chi connectivity index (χ3n) is 8.47. The van der Waals surface area contributed by atoms with Gasteiger partial charge in [-0.1, -0.05) is 25.5 Å². The van der Waals surface area contributed by atoms with Gasteiger partial charge in [0, 0.05) is 16.7 Å². The van der Waals surface area contributed by atoms with E-state index in [1.165, 1.54) is 0 Å². The zero-order valence-electron chi connectivity index (χ0n) is 17.2. The van der Waals surface area contributed by atoms with Crippen LogP contribution in [-0.2, 0) is 18.7 Å². The van der Waals surface area contributed by atoms with Crippen LogP contribution in [0, 0.1) is 28.6 Å². The van der Waals surface area contributed by atoms with Gasteiger partial charge in [-0.25, -0.2) is 4.57 Å².